The number of carboxylic acids is 1. The lowest BCUT2D eigenvalue weighted by Gasteiger charge is -2.07. The number of aryl methyl sites for hydroxylation is 2. The molecule has 4 heteroatoms. The van der Waals surface area contributed by atoms with E-state index < -0.39 is 5.97 Å². The van der Waals surface area contributed by atoms with Crippen molar-refractivity contribution in [3.8, 4) is 11.4 Å². The average molecular weight is 244 g/mol. The Kier molecular flexibility index (Phi) is 3.19. The molecule has 0 amide bonds. The molecular formula is C14H16N2O2. The standard InChI is InChI=1S/C14H16N2O2/c1-9-4-5-11(6-10(9)2)14-15-8-12(16(14)3)7-13(17)18/h4-6,8H,7H2,1-3H3,(H,17,18). The van der Waals surface area contributed by atoms with Gasteiger partial charge in [0.1, 0.15) is 5.82 Å². The molecule has 1 aromatic heterocycles. The van der Waals surface area contributed by atoms with Crippen LogP contribution in [0.2, 0.25) is 0 Å². The second-order valence-electron chi connectivity index (χ2n) is 4.50. The molecule has 0 spiro atoms. The van der Waals surface area contributed by atoms with Crippen molar-refractivity contribution in [1.82, 2.24) is 9.55 Å². The van der Waals surface area contributed by atoms with E-state index in [1.54, 1.807) is 6.20 Å². The number of rotatable bonds is 3. The van der Waals surface area contributed by atoms with E-state index >= 15 is 0 Å². The van der Waals surface area contributed by atoms with Crippen molar-refractivity contribution in [2.24, 2.45) is 7.05 Å². The molecule has 2 aromatic rings. The van der Waals surface area contributed by atoms with Crippen LogP contribution in [-0.2, 0) is 18.3 Å². The predicted molar refractivity (Wildman–Crippen MR) is 69.5 cm³/mol. The minimum absolute atomic E-state index is 0.00561. The van der Waals surface area contributed by atoms with Crippen LogP contribution in [-0.4, -0.2) is 20.6 Å². The monoisotopic (exact) mass is 244 g/mol. The van der Waals surface area contributed by atoms with E-state index in [2.05, 4.69) is 31.0 Å². The molecule has 0 atom stereocenters. The van der Waals surface area contributed by atoms with Crippen molar-refractivity contribution in [3.63, 3.8) is 0 Å². The summed E-state index contributed by atoms with van der Waals surface area (Å²) in [4.78, 5) is 15.0. The summed E-state index contributed by atoms with van der Waals surface area (Å²) in [6.07, 6.45) is 1.62. The molecule has 0 fully saturated rings. The Labute approximate surface area is 106 Å². The molecule has 2 rings (SSSR count). The molecule has 4 nitrogen and oxygen atoms in total. The minimum Gasteiger partial charge on any atom is -0.481 e. The van der Waals surface area contributed by atoms with Crippen LogP contribution in [0.1, 0.15) is 16.8 Å². The molecule has 1 aromatic carbocycles. The Bertz CT molecular complexity index is 600. The summed E-state index contributed by atoms with van der Waals surface area (Å²) in [5, 5.41) is 8.81. The third kappa shape index (κ3) is 2.27. The molecule has 1 N–H and O–H groups in total. The Balaban J connectivity index is 2.42. The van der Waals surface area contributed by atoms with Crippen LogP contribution >= 0.6 is 0 Å². The smallest absolute Gasteiger partial charge is 0.309 e. The Hall–Kier alpha value is -2.10. The molecule has 0 aliphatic carbocycles. The summed E-state index contributed by atoms with van der Waals surface area (Å²) in [6, 6.07) is 6.13. The largest absolute Gasteiger partial charge is 0.481 e. The fourth-order valence-corrected chi connectivity index (χ4v) is 1.91. The van der Waals surface area contributed by atoms with E-state index in [1.165, 1.54) is 11.1 Å². The summed E-state index contributed by atoms with van der Waals surface area (Å²) in [5.74, 6) is -0.0426. The zero-order valence-electron chi connectivity index (χ0n) is 10.8. The van der Waals surface area contributed by atoms with Gasteiger partial charge in [-0.1, -0.05) is 12.1 Å². The molecule has 0 radical (unpaired) electrons. The highest BCUT2D eigenvalue weighted by atomic mass is 16.4. The number of aliphatic carboxylic acids is 1. The fraction of sp³-hybridized carbons (Fsp3) is 0.286. The highest BCUT2D eigenvalue weighted by Gasteiger charge is 2.11. The first-order chi connectivity index (χ1) is 8.49. The van der Waals surface area contributed by atoms with Gasteiger partial charge in [0.05, 0.1) is 6.42 Å². The zero-order valence-corrected chi connectivity index (χ0v) is 10.8. The van der Waals surface area contributed by atoms with Gasteiger partial charge in [0.2, 0.25) is 0 Å². The first kappa shape index (κ1) is 12.4. The number of benzene rings is 1. The quantitative estimate of drug-likeness (QED) is 0.901. The Morgan fingerprint density at radius 2 is 2.06 bits per heavy atom. The van der Waals surface area contributed by atoms with E-state index in [0.717, 1.165) is 11.4 Å². The van der Waals surface area contributed by atoms with Crippen LogP contribution in [0.25, 0.3) is 11.4 Å². The Morgan fingerprint density at radius 3 is 2.67 bits per heavy atom. The summed E-state index contributed by atoms with van der Waals surface area (Å²) >= 11 is 0. The van der Waals surface area contributed by atoms with Crippen molar-refractivity contribution in [3.05, 3.63) is 41.2 Å². The maximum absolute atomic E-state index is 10.7. The summed E-state index contributed by atoms with van der Waals surface area (Å²) in [5.41, 5.74) is 4.15. The van der Waals surface area contributed by atoms with Gasteiger partial charge in [-0.25, -0.2) is 4.98 Å². The molecular weight excluding hydrogens is 228 g/mol. The van der Waals surface area contributed by atoms with Gasteiger partial charge in [-0.3, -0.25) is 4.79 Å². The summed E-state index contributed by atoms with van der Waals surface area (Å²) in [7, 11) is 1.84. The first-order valence-corrected chi connectivity index (χ1v) is 5.79. The fourth-order valence-electron chi connectivity index (χ4n) is 1.91. The van der Waals surface area contributed by atoms with Crippen molar-refractivity contribution < 1.29 is 9.90 Å². The topological polar surface area (TPSA) is 55.1 Å². The number of nitrogens with zero attached hydrogens (tertiary/aromatic N) is 2. The van der Waals surface area contributed by atoms with Crippen molar-refractivity contribution >= 4 is 5.97 Å². The van der Waals surface area contributed by atoms with Crippen LogP contribution in [0, 0.1) is 13.8 Å². The number of carbonyl (C=O) groups is 1. The second-order valence-corrected chi connectivity index (χ2v) is 4.50. The lowest BCUT2D eigenvalue weighted by atomic mass is 10.1. The third-order valence-electron chi connectivity index (χ3n) is 3.18. The van der Waals surface area contributed by atoms with Crippen LogP contribution in [0.4, 0.5) is 0 Å². The normalized spacial score (nSPS) is 10.6. The van der Waals surface area contributed by atoms with Crippen molar-refractivity contribution in [2.75, 3.05) is 0 Å². The van der Waals surface area contributed by atoms with Gasteiger partial charge >= 0.3 is 5.97 Å². The summed E-state index contributed by atoms with van der Waals surface area (Å²) < 4.78 is 1.83. The third-order valence-corrected chi connectivity index (χ3v) is 3.18. The van der Waals surface area contributed by atoms with Gasteiger partial charge in [-0.15, -0.1) is 0 Å². The molecule has 18 heavy (non-hydrogen) atoms. The molecule has 0 saturated carbocycles. The van der Waals surface area contributed by atoms with Gasteiger partial charge < -0.3 is 9.67 Å². The van der Waals surface area contributed by atoms with Crippen molar-refractivity contribution in [1.29, 1.82) is 0 Å². The lowest BCUT2D eigenvalue weighted by molar-refractivity contribution is -0.136. The van der Waals surface area contributed by atoms with Gasteiger partial charge in [-0.2, -0.15) is 0 Å². The van der Waals surface area contributed by atoms with Gasteiger partial charge in [0.25, 0.3) is 0 Å². The molecule has 0 aliphatic rings. The van der Waals surface area contributed by atoms with Gasteiger partial charge in [0.15, 0.2) is 0 Å². The van der Waals surface area contributed by atoms with Gasteiger partial charge in [0, 0.05) is 24.5 Å². The van der Waals surface area contributed by atoms with Crippen LogP contribution in [0.5, 0.6) is 0 Å². The predicted octanol–water partition coefficient (Wildman–Crippen LogP) is 2.33. The number of carboxylic acid groups (broad SMARTS) is 1. The van der Waals surface area contributed by atoms with Gasteiger partial charge in [-0.05, 0) is 31.0 Å². The molecule has 0 saturated heterocycles. The molecule has 0 bridgehead atoms. The molecule has 94 valence electrons. The van der Waals surface area contributed by atoms with Crippen LogP contribution < -0.4 is 0 Å². The Morgan fingerprint density at radius 1 is 1.33 bits per heavy atom. The highest BCUT2D eigenvalue weighted by molar-refractivity contribution is 5.70. The minimum atomic E-state index is -0.843. The maximum atomic E-state index is 10.7. The number of aromatic nitrogens is 2. The highest BCUT2D eigenvalue weighted by Crippen LogP contribution is 2.21. The SMILES string of the molecule is Cc1ccc(-c2ncc(CC(=O)O)n2C)cc1C. The number of hydrogen-bond donors (Lipinski definition) is 1. The molecule has 1 heterocycles. The van der Waals surface area contributed by atoms with E-state index in [-0.39, 0.29) is 6.42 Å². The summed E-state index contributed by atoms with van der Waals surface area (Å²) in [6.45, 7) is 4.12. The zero-order chi connectivity index (χ0) is 13.3. The van der Waals surface area contributed by atoms with Crippen LogP contribution in [0.3, 0.4) is 0 Å². The average Bonchev–Trinajstić information content (AvgIpc) is 2.64. The lowest BCUT2D eigenvalue weighted by Crippen LogP contribution is -2.05. The first-order valence-electron chi connectivity index (χ1n) is 5.79. The van der Waals surface area contributed by atoms with Crippen LogP contribution in [0.15, 0.2) is 24.4 Å². The van der Waals surface area contributed by atoms with E-state index in [4.69, 9.17) is 5.11 Å². The number of hydrogen-bond acceptors (Lipinski definition) is 2. The second kappa shape index (κ2) is 4.64. The van der Waals surface area contributed by atoms with E-state index in [1.807, 2.05) is 17.7 Å². The molecule has 0 unspecified atom stereocenters. The number of imidazole rings is 1. The van der Waals surface area contributed by atoms with E-state index in [9.17, 15) is 4.79 Å². The van der Waals surface area contributed by atoms with E-state index in [0.29, 0.717) is 5.69 Å². The molecule has 0 aliphatic heterocycles. The van der Waals surface area contributed by atoms with Crippen molar-refractivity contribution in [2.45, 2.75) is 20.3 Å². The maximum Gasteiger partial charge on any atom is 0.309 e.